The number of nitrogens with one attached hydrogen (secondary N) is 2. The van der Waals surface area contributed by atoms with Crippen LogP contribution in [-0.2, 0) is 9.59 Å². The largest absolute Gasteiger partial charge is 0.495 e. The van der Waals surface area contributed by atoms with E-state index >= 15 is 0 Å². The van der Waals surface area contributed by atoms with Gasteiger partial charge in [-0.15, -0.1) is 0 Å². The van der Waals surface area contributed by atoms with Gasteiger partial charge in [0.2, 0.25) is 5.91 Å². The molecule has 2 N–H and O–H groups in total. The van der Waals surface area contributed by atoms with E-state index in [0.717, 1.165) is 16.2 Å². The van der Waals surface area contributed by atoms with Gasteiger partial charge in [-0.2, -0.15) is 0 Å². The molecule has 0 atom stereocenters. The molecule has 1 aliphatic rings. The molecule has 1 aromatic heterocycles. The number of urea groups is 1. The van der Waals surface area contributed by atoms with Gasteiger partial charge in [-0.3, -0.25) is 19.7 Å². The van der Waals surface area contributed by atoms with Gasteiger partial charge in [0.05, 0.1) is 17.7 Å². The van der Waals surface area contributed by atoms with E-state index in [9.17, 15) is 24.5 Å². The van der Waals surface area contributed by atoms with E-state index in [4.69, 9.17) is 4.74 Å². The third-order valence-corrected chi connectivity index (χ3v) is 5.98. The minimum absolute atomic E-state index is 0.0133. The van der Waals surface area contributed by atoms with Crippen molar-refractivity contribution in [1.82, 2.24) is 14.8 Å². The van der Waals surface area contributed by atoms with Gasteiger partial charge < -0.3 is 19.9 Å². The lowest BCUT2D eigenvalue weighted by atomic mass is 10.2. The standard InChI is InChI=1S/C26H25N5O6/c1-15-5-7-19(8-6-15)27-24(32)14-29-25(33)21(28-26(29)34)12-18-11-16(2)30(17(18)3)22-13-20(31(35)36)9-10-23(22)37-4/h5-13H,14H2,1-4H3,(H,27,32)(H,28,34)/b21-12+. The molecule has 0 saturated carbocycles. The first-order chi connectivity index (χ1) is 17.6. The van der Waals surface area contributed by atoms with Crippen LogP contribution in [0.25, 0.3) is 11.8 Å². The van der Waals surface area contributed by atoms with Crippen molar-refractivity contribution >= 4 is 35.3 Å². The summed E-state index contributed by atoms with van der Waals surface area (Å²) in [6, 6.07) is 12.5. The molecule has 2 heterocycles. The molecule has 0 bridgehead atoms. The third kappa shape index (κ3) is 5.06. The number of amides is 4. The highest BCUT2D eigenvalue weighted by Gasteiger charge is 2.35. The zero-order chi connectivity index (χ0) is 26.9. The second-order valence-electron chi connectivity index (χ2n) is 8.57. The molecule has 0 spiro atoms. The van der Waals surface area contributed by atoms with E-state index in [1.54, 1.807) is 29.7 Å². The Morgan fingerprint density at radius 3 is 2.46 bits per heavy atom. The van der Waals surface area contributed by atoms with Crippen molar-refractivity contribution in [3.63, 3.8) is 0 Å². The lowest BCUT2D eigenvalue weighted by molar-refractivity contribution is -0.384. The summed E-state index contributed by atoms with van der Waals surface area (Å²) in [5.41, 5.74) is 3.98. The second-order valence-corrected chi connectivity index (χ2v) is 8.57. The van der Waals surface area contributed by atoms with Crippen LogP contribution in [0, 0.1) is 30.9 Å². The number of nitrogens with zero attached hydrogens (tertiary/aromatic N) is 3. The molecule has 3 aromatic rings. The number of anilines is 1. The first kappa shape index (κ1) is 25.2. The summed E-state index contributed by atoms with van der Waals surface area (Å²) in [5, 5.41) is 16.5. The van der Waals surface area contributed by atoms with E-state index in [-0.39, 0.29) is 11.4 Å². The summed E-state index contributed by atoms with van der Waals surface area (Å²) in [7, 11) is 1.47. The molecule has 11 heteroatoms. The van der Waals surface area contributed by atoms with Gasteiger partial charge in [0, 0.05) is 29.2 Å². The Kier molecular flexibility index (Phi) is 6.79. The van der Waals surface area contributed by atoms with E-state index < -0.39 is 29.3 Å². The molecule has 4 rings (SSSR count). The van der Waals surface area contributed by atoms with Crippen molar-refractivity contribution in [1.29, 1.82) is 0 Å². The van der Waals surface area contributed by atoms with Crippen LogP contribution in [0.1, 0.15) is 22.5 Å². The maximum absolute atomic E-state index is 12.9. The van der Waals surface area contributed by atoms with Crippen molar-refractivity contribution in [2.75, 3.05) is 19.0 Å². The number of rotatable bonds is 7. The average molecular weight is 504 g/mol. The fraction of sp³-hybridized carbons (Fsp3) is 0.192. The van der Waals surface area contributed by atoms with Crippen LogP contribution in [0.3, 0.4) is 0 Å². The molecule has 0 aliphatic carbocycles. The molecule has 11 nitrogen and oxygen atoms in total. The molecule has 0 radical (unpaired) electrons. The summed E-state index contributed by atoms with van der Waals surface area (Å²) in [4.78, 5) is 49.5. The van der Waals surface area contributed by atoms with Gasteiger partial charge >= 0.3 is 6.03 Å². The summed E-state index contributed by atoms with van der Waals surface area (Å²) in [6.45, 7) is 5.07. The molecular formula is C26H25N5O6. The van der Waals surface area contributed by atoms with Crippen LogP contribution < -0.4 is 15.4 Å². The summed E-state index contributed by atoms with van der Waals surface area (Å²) < 4.78 is 7.17. The number of non-ortho nitro benzene ring substituents is 1. The van der Waals surface area contributed by atoms with Crippen LogP contribution in [0.2, 0.25) is 0 Å². The fourth-order valence-corrected chi connectivity index (χ4v) is 4.12. The number of nitro groups is 1. The number of hydrogen-bond donors (Lipinski definition) is 2. The Labute approximate surface area is 212 Å². The van der Waals surface area contributed by atoms with Gasteiger partial charge in [0.15, 0.2) is 0 Å². The van der Waals surface area contributed by atoms with Gasteiger partial charge in [0.1, 0.15) is 18.0 Å². The Morgan fingerprint density at radius 1 is 1.11 bits per heavy atom. The smallest absolute Gasteiger partial charge is 0.329 e. The van der Waals surface area contributed by atoms with Gasteiger partial charge in [-0.1, -0.05) is 17.7 Å². The Morgan fingerprint density at radius 2 is 1.81 bits per heavy atom. The van der Waals surface area contributed by atoms with Gasteiger partial charge in [-0.25, -0.2) is 9.69 Å². The zero-order valence-electron chi connectivity index (χ0n) is 20.7. The molecule has 190 valence electrons. The van der Waals surface area contributed by atoms with Gasteiger partial charge in [-0.05, 0) is 56.7 Å². The predicted molar refractivity (Wildman–Crippen MR) is 136 cm³/mol. The number of carbonyl (C=O) groups is 3. The number of hydrogen-bond acceptors (Lipinski definition) is 6. The lowest BCUT2D eigenvalue weighted by Gasteiger charge is -2.14. The SMILES string of the molecule is COc1ccc([N+](=O)[O-])cc1-n1c(C)cc(/C=C2/NC(=O)N(CC(=O)Nc3ccc(C)cc3)C2=O)c1C. The van der Waals surface area contributed by atoms with E-state index in [0.29, 0.717) is 28.4 Å². The number of aryl methyl sites for hydroxylation is 2. The minimum atomic E-state index is -0.704. The van der Waals surface area contributed by atoms with Crippen LogP contribution in [0.5, 0.6) is 5.75 Å². The number of imide groups is 1. The first-order valence-electron chi connectivity index (χ1n) is 11.3. The summed E-state index contributed by atoms with van der Waals surface area (Å²) in [5.74, 6) is -0.714. The summed E-state index contributed by atoms with van der Waals surface area (Å²) >= 11 is 0. The Balaban J connectivity index is 1.58. The molecule has 1 aliphatic heterocycles. The van der Waals surface area contributed by atoms with Crippen LogP contribution in [-0.4, -0.2) is 45.9 Å². The molecular weight excluding hydrogens is 478 g/mol. The average Bonchev–Trinajstić information content (AvgIpc) is 3.28. The number of carbonyl (C=O) groups excluding carboxylic acids is 3. The predicted octanol–water partition coefficient (Wildman–Crippen LogP) is 3.85. The highest BCUT2D eigenvalue weighted by Crippen LogP contribution is 2.32. The van der Waals surface area contributed by atoms with Crippen molar-refractivity contribution in [2.45, 2.75) is 20.8 Å². The topological polar surface area (TPSA) is 136 Å². The number of ether oxygens (including phenoxy) is 1. The molecule has 2 aromatic carbocycles. The maximum atomic E-state index is 12.9. The molecule has 1 fully saturated rings. The fourth-order valence-electron chi connectivity index (χ4n) is 4.12. The molecule has 37 heavy (non-hydrogen) atoms. The molecule has 1 saturated heterocycles. The number of aromatic nitrogens is 1. The van der Waals surface area contributed by atoms with Crippen molar-refractivity contribution in [2.24, 2.45) is 0 Å². The number of methoxy groups -OCH3 is 1. The van der Waals surface area contributed by atoms with Crippen LogP contribution in [0.4, 0.5) is 16.2 Å². The molecule has 0 unspecified atom stereocenters. The van der Waals surface area contributed by atoms with Crippen molar-refractivity contribution < 1.29 is 24.0 Å². The summed E-state index contributed by atoms with van der Waals surface area (Å²) in [6.07, 6.45) is 1.51. The highest BCUT2D eigenvalue weighted by molar-refractivity contribution is 6.16. The van der Waals surface area contributed by atoms with E-state index in [2.05, 4.69) is 10.6 Å². The quantitative estimate of drug-likeness (QED) is 0.218. The van der Waals surface area contributed by atoms with Gasteiger partial charge in [0.25, 0.3) is 11.6 Å². The number of nitro benzene ring substituents is 1. The monoisotopic (exact) mass is 503 g/mol. The van der Waals surface area contributed by atoms with Crippen LogP contribution >= 0.6 is 0 Å². The first-order valence-corrected chi connectivity index (χ1v) is 11.3. The minimum Gasteiger partial charge on any atom is -0.495 e. The zero-order valence-corrected chi connectivity index (χ0v) is 20.7. The second kappa shape index (κ2) is 9.97. The highest BCUT2D eigenvalue weighted by atomic mass is 16.6. The van der Waals surface area contributed by atoms with Crippen molar-refractivity contribution in [3.8, 4) is 11.4 Å². The van der Waals surface area contributed by atoms with E-state index in [1.807, 2.05) is 26.0 Å². The Hall–Kier alpha value is -4.93. The molecule has 4 amide bonds. The van der Waals surface area contributed by atoms with E-state index in [1.165, 1.54) is 31.4 Å². The maximum Gasteiger partial charge on any atom is 0.329 e. The Bertz CT molecular complexity index is 1450. The normalized spacial score (nSPS) is 14.2. The third-order valence-electron chi connectivity index (χ3n) is 5.98. The van der Waals surface area contributed by atoms with Crippen molar-refractivity contribution in [3.05, 3.63) is 86.9 Å². The lowest BCUT2D eigenvalue weighted by Crippen LogP contribution is -2.38. The number of benzene rings is 2. The van der Waals surface area contributed by atoms with Crippen LogP contribution in [0.15, 0.2) is 54.2 Å².